The molecule has 0 bridgehead atoms. The number of amides is 2. The van der Waals surface area contributed by atoms with Crippen molar-refractivity contribution in [3.05, 3.63) is 71.9 Å². The second-order valence-electron chi connectivity index (χ2n) is 6.22. The summed E-state index contributed by atoms with van der Waals surface area (Å²) in [6, 6.07) is 15.7. The van der Waals surface area contributed by atoms with Crippen LogP contribution in [0.1, 0.15) is 11.1 Å². The van der Waals surface area contributed by atoms with Crippen LogP contribution in [-0.2, 0) is 21.7 Å². The van der Waals surface area contributed by atoms with Crippen LogP contribution in [-0.4, -0.2) is 24.3 Å². The van der Waals surface area contributed by atoms with Gasteiger partial charge in [-0.05, 0) is 29.8 Å². The van der Waals surface area contributed by atoms with Gasteiger partial charge < -0.3 is 14.2 Å². The summed E-state index contributed by atoms with van der Waals surface area (Å²) < 4.78 is 16.3. The Labute approximate surface area is 172 Å². The van der Waals surface area contributed by atoms with Crippen molar-refractivity contribution in [2.75, 3.05) is 7.11 Å². The van der Waals surface area contributed by atoms with E-state index in [0.29, 0.717) is 27.8 Å². The molecule has 0 aliphatic rings. The zero-order valence-corrected chi connectivity index (χ0v) is 16.1. The molecule has 10 heteroatoms. The monoisotopic (exact) mass is 411 g/mol. The highest BCUT2D eigenvalue weighted by atomic mass is 16.7. The number of nitrogens with one attached hydrogen (secondary N) is 2. The van der Waals surface area contributed by atoms with Gasteiger partial charge in [-0.2, -0.15) is 0 Å². The summed E-state index contributed by atoms with van der Waals surface area (Å²) in [4.78, 5) is 28.6. The van der Waals surface area contributed by atoms with E-state index in [-0.39, 0.29) is 6.42 Å². The first-order valence-electron chi connectivity index (χ1n) is 8.87. The third-order valence-electron chi connectivity index (χ3n) is 4.41. The van der Waals surface area contributed by atoms with Gasteiger partial charge in [-0.15, -0.1) is 0 Å². The number of nitrogens with two attached hydrogens (primary N) is 2. The molecular formula is C20H21N5O5. The van der Waals surface area contributed by atoms with Gasteiger partial charge >= 0.3 is 12.2 Å². The Hall–Kier alpha value is -3.89. The van der Waals surface area contributed by atoms with Crippen LogP contribution in [0, 0.1) is 0 Å². The number of benzene rings is 2. The number of methoxy groups -OCH3 is 1. The molecule has 2 aromatic carbocycles. The van der Waals surface area contributed by atoms with E-state index in [1.54, 1.807) is 55.6 Å². The van der Waals surface area contributed by atoms with E-state index in [1.807, 2.05) is 16.9 Å². The molecule has 3 rings (SSSR count). The summed E-state index contributed by atoms with van der Waals surface area (Å²) in [5.74, 6) is 9.20. The molecule has 10 nitrogen and oxygen atoms in total. The van der Waals surface area contributed by atoms with Crippen LogP contribution in [0.2, 0.25) is 0 Å². The number of ether oxygens (including phenoxy) is 3. The number of nitrogens with zero attached hydrogens (tertiary/aromatic N) is 1. The molecule has 0 fully saturated rings. The van der Waals surface area contributed by atoms with Gasteiger partial charge in [0, 0.05) is 17.1 Å². The normalized spacial score (nSPS) is 10.9. The van der Waals surface area contributed by atoms with Gasteiger partial charge in [-0.1, -0.05) is 30.3 Å². The lowest BCUT2D eigenvalue weighted by molar-refractivity contribution is -0.169. The highest BCUT2D eigenvalue weighted by Gasteiger charge is 2.43. The van der Waals surface area contributed by atoms with E-state index in [9.17, 15) is 9.59 Å². The zero-order chi connectivity index (χ0) is 21.6. The third-order valence-corrected chi connectivity index (χ3v) is 4.41. The molecule has 0 unspecified atom stereocenters. The molecular weight excluding hydrogens is 390 g/mol. The smallest absolute Gasteiger partial charge is 0.424 e. The highest BCUT2D eigenvalue weighted by Crippen LogP contribution is 2.36. The van der Waals surface area contributed by atoms with Crippen molar-refractivity contribution >= 4 is 23.1 Å². The number of hydrogen-bond acceptors (Lipinski definition) is 8. The molecule has 1 aromatic heterocycles. The van der Waals surface area contributed by atoms with Gasteiger partial charge in [0.15, 0.2) is 0 Å². The molecule has 156 valence electrons. The molecule has 2 amide bonds. The van der Waals surface area contributed by atoms with Crippen molar-refractivity contribution in [1.29, 1.82) is 0 Å². The van der Waals surface area contributed by atoms with Crippen molar-refractivity contribution in [3.63, 3.8) is 0 Å². The molecule has 1 heterocycles. The maximum atomic E-state index is 12.2. The molecule has 6 N–H and O–H groups in total. The first kappa shape index (κ1) is 20.8. The van der Waals surface area contributed by atoms with Gasteiger partial charge in [-0.3, -0.25) is 15.8 Å². The van der Waals surface area contributed by atoms with E-state index in [0.717, 1.165) is 0 Å². The van der Waals surface area contributed by atoms with Gasteiger partial charge in [-0.25, -0.2) is 21.3 Å². The average Bonchev–Trinajstić information content (AvgIpc) is 2.78. The molecule has 0 aliphatic heterocycles. The number of pyridine rings is 1. The zero-order valence-electron chi connectivity index (χ0n) is 16.1. The highest BCUT2D eigenvalue weighted by molar-refractivity contribution is 5.83. The summed E-state index contributed by atoms with van der Waals surface area (Å²) in [6.07, 6.45) is -0.525. The number of rotatable bonds is 6. The van der Waals surface area contributed by atoms with E-state index < -0.39 is 18.0 Å². The van der Waals surface area contributed by atoms with Crippen LogP contribution >= 0.6 is 0 Å². The number of aromatic nitrogens is 1. The fourth-order valence-electron chi connectivity index (χ4n) is 3.10. The molecule has 0 atom stereocenters. The van der Waals surface area contributed by atoms with Crippen molar-refractivity contribution in [2.45, 2.75) is 12.2 Å². The van der Waals surface area contributed by atoms with Crippen LogP contribution in [0.5, 0.6) is 5.75 Å². The van der Waals surface area contributed by atoms with E-state index in [4.69, 9.17) is 25.9 Å². The van der Waals surface area contributed by atoms with Gasteiger partial charge in [0.05, 0.1) is 19.0 Å². The minimum absolute atomic E-state index is 0.0359. The van der Waals surface area contributed by atoms with Crippen LogP contribution in [0.25, 0.3) is 10.9 Å². The average molecular weight is 411 g/mol. The van der Waals surface area contributed by atoms with Crippen molar-refractivity contribution in [1.82, 2.24) is 15.8 Å². The van der Waals surface area contributed by atoms with E-state index in [1.165, 1.54) is 6.20 Å². The first-order chi connectivity index (χ1) is 14.5. The summed E-state index contributed by atoms with van der Waals surface area (Å²) in [7, 11) is 1.55. The lowest BCUT2D eigenvalue weighted by Crippen LogP contribution is -2.47. The Bertz CT molecular complexity index is 1020. The third kappa shape index (κ3) is 4.40. The summed E-state index contributed by atoms with van der Waals surface area (Å²) in [5.41, 5.74) is 5.47. The van der Waals surface area contributed by atoms with Crippen LogP contribution in [0.3, 0.4) is 0 Å². The Morgan fingerprint density at radius 1 is 0.967 bits per heavy atom. The predicted molar refractivity (Wildman–Crippen MR) is 108 cm³/mol. The number of para-hydroxylation sites is 1. The van der Waals surface area contributed by atoms with Crippen molar-refractivity contribution in [2.24, 2.45) is 11.7 Å². The molecule has 30 heavy (non-hydrogen) atoms. The molecule has 0 spiro atoms. The minimum atomic E-state index is -1.90. The summed E-state index contributed by atoms with van der Waals surface area (Å²) >= 11 is 0. The number of carbonyl (C=O) groups is 2. The molecule has 0 saturated heterocycles. The minimum Gasteiger partial charge on any atom is -0.497 e. The van der Waals surface area contributed by atoms with Gasteiger partial charge in [0.2, 0.25) is 0 Å². The number of fused-ring (bicyclic) bond motifs is 1. The largest absolute Gasteiger partial charge is 0.497 e. The van der Waals surface area contributed by atoms with Gasteiger partial charge in [0.25, 0.3) is 5.79 Å². The first-order valence-corrected chi connectivity index (χ1v) is 8.87. The summed E-state index contributed by atoms with van der Waals surface area (Å²) in [5, 5.41) is 0.614. The van der Waals surface area contributed by atoms with Crippen molar-refractivity contribution in [3.8, 4) is 5.75 Å². The molecule has 0 aliphatic carbocycles. The lowest BCUT2D eigenvalue weighted by Gasteiger charge is -2.33. The standard InChI is InChI=1S/C20H21N5O5/c1-28-14-8-6-13(7-9-14)12-20(29-18(26)24-21,30-19(27)25-22)16-10-11-23-17-5-3-2-4-15(16)17/h2-11H,12,21-22H2,1H3,(H,24,26)(H,25,27). The van der Waals surface area contributed by atoms with Crippen LogP contribution in [0.15, 0.2) is 60.8 Å². The second-order valence-corrected chi connectivity index (χ2v) is 6.22. The molecule has 0 radical (unpaired) electrons. The Morgan fingerprint density at radius 2 is 1.60 bits per heavy atom. The maximum Gasteiger partial charge on any atom is 0.424 e. The van der Waals surface area contributed by atoms with Gasteiger partial charge in [0.1, 0.15) is 5.75 Å². The number of hydrogen-bond donors (Lipinski definition) is 4. The predicted octanol–water partition coefficient (Wildman–Crippen LogP) is 1.84. The Kier molecular flexibility index (Phi) is 6.30. The maximum absolute atomic E-state index is 12.2. The van der Waals surface area contributed by atoms with Crippen molar-refractivity contribution < 1.29 is 23.8 Å². The second kappa shape index (κ2) is 9.07. The fourth-order valence-corrected chi connectivity index (χ4v) is 3.10. The Balaban J connectivity index is 2.19. The van der Waals surface area contributed by atoms with Crippen LogP contribution in [0.4, 0.5) is 9.59 Å². The van der Waals surface area contributed by atoms with E-state index in [2.05, 4.69) is 4.98 Å². The molecule has 3 aromatic rings. The topological polar surface area (TPSA) is 151 Å². The molecule has 0 saturated carbocycles. The number of hydrazine groups is 2. The lowest BCUT2D eigenvalue weighted by atomic mass is 9.94. The number of carbonyl (C=O) groups excluding carboxylic acids is 2. The van der Waals surface area contributed by atoms with E-state index >= 15 is 0 Å². The SMILES string of the molecule is COc1ccc(CC(OC(=O)NN)(OC(=O)NN)c2ccnc3ccccc23)cc1. The quantitative estimate of drug-likeness (QED) is 0.208. The Morgan fingerprint density at radius 3 is 2.20 bits per heavy atom. The summed E-state index contributed by atoms with van der Waals surface area (Å²) in [6.45, 7) is 0. The fraction of sp³-hybridized carbons (Fsp3) is 0.150. The van der Waals surface area contributed by atoms with Crippen LogP contribution < -0.4 is 27.3 Å².